The van der Waals surface area contributed by atoms with Gasteiger partial charge >= 0.3 is 6.18 Å². The van der Waals surface area contributed by atoms with Crippen LogP contribution in [0, 0.1) is 0 Å². The van der Waals surface area contributed by atoms with Crippen molar-refractivity contribution in [1.29, 1.82) is 0 Å². The van der Waals surface area contributed by atoms with Crippen LogP contribution < -0.4 is 9.80 Å². The molecule has 13 heteroatoms. The van der Waals surface area contributed by atoms with Crippen LogP contribution in [0.25, 0.3) is 22.6 Å². The van der Waals surface area contributed by atoms with Crippen LogP contribution in [-0.2, 0) is 31.6 Å². The number of carbonyl (C=O) groups excluding carboxylic acids is 2. The number of pyridine rings is 1. The fourth-order valence-corrected chi connectivity index (χ4v) is 5.22. The normalized spacial score (nSPS) is 15.8. The van der Waals surface area contributed by atoms with E-state index in [4.69, 9.17) is 0 Å². The van der Waals surface area contributed by atoms with Gasteiger partial charge in [0.15, 0.2) is 5.82 Å². The quantitative estimate of drug-likeness (QED) is 0.391. The summed E-state index contributed by atoms with van der Waals surface area (Å²) in [7, 11) is 3.54. The maximum absolute atomic E-state index is 13.7. The summed E-state index contributed by atoms with van der Waals surface area (Å²) < 4.78 is 44.6. The molecule has 3 aromatic heterocycles. The molecule has 2 amide bonds. The van der Waals surface area contributed by atoms with E-state index in [0.717, 1.165) is 18.9 Å². The maximum Gasteiger partial charge on any atom is 0.416 e. The number of nitrogens with zero attached hydrogens (tertiary/aromatic N) is 8. The second-order valence-electron chi connectivity index (χ2n) is 9.59. The third-order valence-corrected chi connectivity index (χ3v) is 7.11. The summed E-state index contributed by atoms with van der Waals surface area (Å²) in [6, 6.07) is 6.96. The molecule has 10 nitrogen and oxygen atoms in total. The van der Waals surface area contributed by atoms with E-state index in [9.17, 15) is 22.8 Å². The van der Waals surface area contributed by atoms with Crippen LogP contribution in [-0.4, -0.2) is 47.9 Å². The number of hydrogen-bond acceptors (Lipinski definition) is 6. The number of alkyl halides is 3. The number of carbonyl (C=O) groups is 2. The van der Waals surface area contributed by atoms with Crippen molar-refractivity contribution < 1.29 is 22.8 Å². The summed E-state index contributed by atoms with van der Waals surface area (Å²) in [5.74, 6) is 0.310. The first-order valence-corrected chi connectivity index (χ1v) is 12.3. The van der Waals surface area contributed by atoms with Gasteiger partial charge in [-0.05, 0) is 42.7 Å². The second kappa shape index (κ2) is 9.03. The summed E-state index contributed by atoms with van der Waals surface area (Å²) in [6.45, 7) is 0.151. The smallest absolute Gasteiger partial charge is 0.317 e. The van der Waals surface area contributed by atoms with Crippen molar-refractivity contribution in [2.45, 2.75) is 32.0 Å². The van der Waals surface area contributed by atoms with Crippen LogP contribution in [0.1, 0.15) is 40.7 Å². The number of fused-ring (bicyclic) bond motifs is 1. The number of rotatable bonds is 4. The van der Waals surface area contributed by atoms with Gasteiger partial charge in [0, 0.05) is 38.2 Å². The third kappa shape index (κ3) is 4.14. The van der Waals surface area contributed by atoms with E-state index in [1.807, 2.05) is 0 Å². The highest BCUT2D eigenvalue weighted by Crippen LogP contribution is 2.40. The lowest BCUT2D eigenvalue weighted by Crippen LogP contribution is -2.36. The number of aryl methyl sites for hydroxylation is 2. The molecule has 2 aliphatic rings. The van der Waals surface area contributed by atoms with E-state index < -0.39 is 17.6 Å². The fourth-order valence-electron chi connectivity index (χ4n) is 5.22. The molecular formula is C26H23F3N8O2. The Balaban J connectivity index is 1.51. The first kappa shape index (κ1) is 24.8. The minimum atomic E-state index is -4.61. The van der Waals surface area contributed by atoms with Gasteiger partial charge in [-0.2, -0.15) is 18.3 Å². The van der Waals surface area contributed by atoms with Gasteiger partial charge in [-0.3, -0.25) is 24.1 Å². The second-order valence-corrected chi connectivity index (χ2v) is 9.59. The molecule has 0 aliphatic carbocycles. The zero-order valence-electron chi connectivity index (χ0n) is 21.1. The topological polar surface area (TPSA) is 102 Å². The van der Waals surface area contributed by atoms with E-state index in [1.165, 1.54) is 17.0 Å². The Hall–Kier alpha value is -4.55. The number of aromatic nitrogens is 6. The van der Waals surface area contributed by atoms with E-state index in [-0.39, 0.29) is 29.4 Å². The first-order valence-electron chi connectivity index (χ1n) is 12.3. The molecule has 0 N–H and O–H groups in total. The fraction of sp³-hybridized carbons (Fsp3) is 0.308. The molecule has 6 rings (SSSR count). The van der Waals surface area contributed by atoms with Gasteiger partial charge in [0.1, 0.15) is 18.0 Å². The Morgan fingerprint density at radius 1 is 0.974 bits per heavy atom. The van der Waals surface area contributed by atoms with Gasteiger partial charge in [-0.1, -0.05) is 6.07 Å². The van der Waals surface area contributed by atoms with Crippen LogP contribution in [0.3, 0.4) is 0 Å². The Bertz CT molecular complexity index is 1620. The number of piperidine rings is 1. The zero-order chi connectivity index (χ0) is 27.5. The molecular weight excluding hydrogens is 513 g/mol. The Labute approximate surface area is 220 Å². The van der Waals surface area contributed by atoms with E-state index in [1.54, 1.807) is 52.9 Å². The third-order valence-electron chi connectivity index (χ3n) is 7.11. The van der Waals surface area contributed by atoms with Gasteiger partial charge in [0.05, 0.1) is 29.6 Å². The molecule has 0 atom stereocenters. The van der Waals surface area contributed by atoms with Crippen molar-refractivity contribution in [3.8, 4) is 22.6 Å². The Kier molecular flexibility index (Phi) is 5.74. The lowest BCUT2D eigenvalue weighted by molar-refractivity contribution is -0.138. The number of benzene rings is 1. The highest BCUT2D eigenvalue weighted by Gasteiger charge is 2.40. The van der Waals surface area contributed by atoms with Crippen LogP contribution in [0.2, 0.25) is 0 Å². The summed E-state index contributed by atoms with van der Waals surface area (Å²) in [5, 5.41) is 12.5. The van der Waals surface area contributed by atoms with Crippen molar-refractivity contribution in [2.24, 2.45) is 14.1 Å². The zero-order valence-corrected chi connectivity index (χ0v) is 21.1. The lowest BCUT2D eigenvalue weighted by atomic mass is 10.0. The van der Waals surface area contributed by atoms with Gasteiger partial charge in [0.25, 0.3) is 5.91 Å². The van der Waals surface area contributed by atoms with Crippen LogP contribution in [0.15, 0.2) is 42.9 Å². The predicted molar refractivity (Wildman–Crippen MR) is 135 cm³/mol. The van der Waals surface area contributed by atoms with Crippen LogP contribution >= 0.6 is 0 Å². The Morgan fingerprint density at radius 3 is 2.44 bits per heavy atom. The van der Waals surface area contributed by atoms with Gasteiger partial charge in [-0.15, -0.1) is 10.2 Å². The SMILES string of the molecule is Cn1cnnc1-c1cnn(C)c1-c1cc(N2CCCCC2=O)nc(N2Cc3c(cccc3C(F)(F)F)C2=O)c1. The molecule has 1 aromatic carbocycles. The van der Waals surface area contributed by atoms with E-state index in [2.05, 4.69) is 20.3 Å². The summed E-state index contributed by atoms with van der Waals surface area (Å²) in [5.41, 5.74) is 0.883. The van der Waals surface area contributed by atoms with E-state index in [0.29, 0.717) is 41.4 Å². The van der Waals surface area contributed by atoms with Crippen LogP contribution in [0.5, 0.6) is 0 Å². The van der Waals surface area contributed by atoms with Crippen molar-refractivity contribution in [2.75, 3.05) is 16.3 Å². The van der Waals surface area contributed by atoms with Gasteiger partial charge in [0.2, 0.25) is 5.91 Å². The molecule has 0 unspecified atom stereocenters. The standard InChI is InChI=1S/C26H23F3N8O2/c1-34-14-30-33-24(34)17-12-31-35(2)23(17)15-10-20(36-9-4-3-8-22(36)38)32-21(11-15)37-13-18-16(25(37)39)6-5-7-19(18)26(27,28)29/h5-7,10-12,14H,3-4,8-9,13H2,1-2H3. The molecule has 0 bridgehead atoms. The summed E-state index contributed by atoms with van der Waals surface area (Å²) in [6.07, 6.45) is 0.492. The monoisotopic (exact) mass is 536 g/mol. The highest BCUT2D eigenvalue weighted by atomic mass is 19.4. The number of halogens is 3. The maximum atomic E-state index is 13.7. The molecule has 2 aliphatic heterocycles. The van der Waals surface area contributed by atoms with Gasteiger partial charge < -0.3 is 4.57 Å². The van der Waals surface area contributed by atoms with Crippen LogP contribution in [0.4, 0.5) is 24.8 Å². The molecule has 0 spiro atoms. The number of hydrogen-bond donors (Lipinski definition) is 0. The molecule has 5 heterocycles. The van der Waals surface area contributed by atoms with Gasteiger partial charge in [-0.25, -0.2) is 4.98 Å². The molecule has 1 saturated heterocycles. The van der Waals surface area contributed by atoms with Crippen molar-refractivity contribution in [1.82, 2.24) is 29.5 Å². The van der Waals surface area contributed by atoms with Crippen molar-refractivity contribution >= 4 is 23.5 Å². The summed E-state index contributed by atoms with van der Waals surface area (Å²) in [4.78, 5) is 33.6. The largest absolute Gasteiger partial charge is 0.416 e. The predicted octanol–water partition coefficient (Wildman–Crippen LogP) is 3.97. The van der Waals surface area contributed by atoms with Crippen molar-refractivity contribution in [3.63, 3.8) is 0 Å². The van der Waals surface area contributed by atoms with E-state index >= 15 is 0 Å². The minimum absolute atomic E-state index is 0.0204. The number of amides is 2. The average molecular weight is 537 g/mol. The number of anilines is 2. The Morgan fingerprint density at radius 2 is 1.74 bits per heavy atom. The molecule has 1 fully saturated rings. The molecule has 200 valence electrons. The first-order chi connectivity index (χ1) is 18.6. The average Bonchev–Trinajstić information content (AvgIpc) is 3.59. The van der Waals surface area contributed by atoms with Crippen molar-refractivity contribution in [3.05, 3.63) is 59.5 Å². The summed E-state index contributed by atoms with van der Waals surface area (Å²) >= 11 is 0. The lowest BCUT2D eigenvalue weighted by Gasteiger charge is -2.27. The molecule has 4 aromatic rings. The molecule has 0 radical (unpaired) electrons. The molecule has 0 saturated carbocycles. The molecule has 39 heavy (non-hydrogen) atoms. The minimum Gasteiger partial charge on any atom is -0.317 e. The highest BCUT2D eigenvalue weighted by molar-refractivity contribution is 6.10.